The lowest BCUT2D eigenvalue weighted by Crippen LogP contribution is -2.66. The molecule has 0 aromatic carbocycles. The fraction of sp³-hybridized carbons (Fsp3) is 0.778. The minimum absolute atomic E-state index is 0.0926. The Hall–Kier alpha value is -1.10. The number of hydrogen-bond acceptors (Lipinski definition) is 3. The normalized spacial score (nSPS) is 23.4. The smallest absolute Gasteiger partial charge is 0.242 e. The average Bonchev–Trinajstić information content (AvgIpc) is 2.11. The molecule has 0 bridgehead atoms. The van der Waals surface area contributed by atoms with Gasteiger partial charge in [-0.3, -0.25) is 9.59 Å². The van der Waals surface area contributed by atoms with E-state index in [0.717, 1.165) is 0 Å². The number of rotatable bonds is 3. The Kier molecular flexibility index (Phi) is 3.10. The molecule has 3 N–H and O–H groups in total. The van der Waals surface area contributed by atoms with E-state index in [4.69, 9.17) is 5.73 Å². The topological polar surface area (TPSA) is 75.4 Å². The van der Waals surface area contributed by atoms with Crippen molar-refractivity contribution in [2.75, 3.05) is 6.54 Å². The molecule has 2 amide bonds. The van der Waals surface area contributed by atoms with Gasteiger partial charge < -0.3 is 16.0 Å². The number of carbonyl (C=O) groups is 2. The molecular weight excluding hydrogens is 182 g/mol. The van der Waals surface area contributed by atoms with Gasteiger partial charge in [0.25, 0.3) is 0 Å². The molecule has 0 aromatic rings. The second-order valence-electron chi connectivity index (χ2n) is 3.94. The summed E-state index contributed by atoms with van der Waals surface area (Å²) in [5, 5.41) is 2.75. The Morgan fingerprint density at radius 3 is 2.50 bits per heavy atom. The largest absolute Gasteiger partial charge is 0.352 e. The first-order valence-corrected chi connectivity index (χ1v) is 4.80. The molecule has 1 aliphatic heterocycles. The lowest BCUT2D eigenvalue weighted by atomic mass is 10.1. The molecule has 0 spiro atoms. The van der Waals surface area contributed by atoms with E-state index in [1.54, 1.807) is 6.92 Å². The van der Waals surface area contributed by atoms with Crippen LogP contribution in [0.15, 0.2) is 0 Å². The summed E-state index contributed by atoms with van der Waals surface area (Å²) in [4.78, 5) is 24.2. The first kappa shape index (κ1) is 11.0. The van der Waals surface area contributed by atoms with Crippen molar-refractivity contribution in [1.29, 1.82) is 0 Å². The molecule has 1 heterocycles. The van der Waals surface area contributed by atoms with Crippen LogP contribution in [0.4, 0.5) is 0 Å². The number of nitrogens with two attached hydrogens (primary N) is 1. The van der Waals surface area contributed by atoms with Gasteiger partial charge in [0.05, 0.1) is 0 Å². The Morgan fingerprint density at radius 2 is 2.14 bits per heavy atom. The van der Waals surface area contributed by atoms with Crippen molar-refractivity contribution in [2.24, 2.45) is 5.73 Å². The van der Waals surface area contributed by atoms with Crippen molar-refractivity contribution < 1.29 is 9.59 Å². The molecule has 5 nitrogen and oxygen atoms in total. The SMILES string of the molecule is CC(C)NC(=O)C(C)N1CC(N)C1=O. The van der Waals surface area contributed by atoms with E-state index in [1.165, 1.54) is 4.90 Å². The summed E-state index contributed by atoms with van der Waals surface area (Å²) in [5.41, 5.74) is 5.43. The van der Waals surface area contributed by atoms with Crippen molar-refractivity contribution in [3.63, 3.8) is 0 Å². The highest BCUT2D eigenvalue weighted by molar-refractivity contribution is 5.93. The molecule has 14 heavy (non-hydrogen) atoms. The maximum atomic E-state index is 11.5. The fourth-order valence-electron chi connectivity index (χ4n) is 1.38. The molecule has 1 aliphatic rings. The van der Waals surface area contributed by atoms with Crippen LogP contribution in [-0.4, -0.2) is 41.4 Å². The quantitative estimate of drug-likeness (QED) is 0.576. The average molecular weight is 199 g/mol. The zero-order valence-corrected chi connectivity index (χ0v) is 8.78. The van der Waals surface area contributed by atoms with Gasteiger partial charge in [0.15, 0.2) is 0 Å². The molecule has 0 saturated carbocycles. The van der Waals surface area contributed by atoms with Gasteiger partial charge in [0, 0.05) is 12.6 Å². The number of nitrogens with zero attached hydrogens (tertiary/aromatic N) is 1. The predicted octanol–water partition coefficient (Wildman–Crippen LogP) is -0.931. The second kappa shape index (κ2) is 3.96. The van der Waals surface area contributed by atoms with Crippen LogP contribution < -0.4 is 11.1 Å². The monoisotopic (exact) mass is 199 g/mol. The van der Waals surface area contributed by atoms with Crippen LogP contribution >= 0.6 is 0 Å². The first-order chi connectivity index (χ1) is 6.43. The molecular formula is C9H17N3O2. The number of nitrogens with one attached hydrogen (secondary N) is 1. The highest BCUT2D eigenvalue weighted by atomic mass is 16.2. The maximum Gasteiger partial charge on any atom is 0.242 e. The molecule has 2 atom stereocenters. The predicted molar refractivity (Wildman–Crippen MR) is 52.4 cm³/mol. The molecule has 0 radical (unpaired) electrons. The number of amides is 2. The highest BCUT2D eigenvalue weighted by Gasteiger charge is 2.39. The first-order valence-electron chi connectivity index (χ1n) is 4.80. The van der Waals surface area contributed by atoms with Gasteiger partial charge in [-0.15, -0.1) is 0 Å². The minimum atomic E-state index is -0.413. The van der Waals surface area contributed by atoms with E-state index in [-0.39, 0.29) is 17.9 Å². The summed E-state index contributed by atoms with van der Waals surface area (Å²) in [7, 11) is 0. The molecule has 5 heteroatoms. The molecule has 1 fully saturated rings. The van der Waals surface area contributed by atoms with E-state index < -0.39 is 12.1 Å². The zero-order valence-electron chi connectivity index (χ0n) is 8.78. The maximum absolute atomic E-state index is 11.5. The lowest BCUT2D eigenvalue weighted by Gasteiger charge is -2.40. The van der Waals surface area contributed by atoms with E-state index in [9.17, 15) is 9.59 Å². The van der Waals surface area contributed by atoms with E-state index in [0.29, 0.717) is 6.54 Å². The molecule has 0 aliphatic carbocycles. The summed E-state index contributed by atoms with van der Waals surface area (Å²) in [6.45, 7) is 5.95. The van der Waals surface area contributed by atoms with Gasteiger partial charge in [-0.25, -0.2) is 0 Å². The number of carbonyl (C=O) groups excluding carboxylic acids is 2. The standard InChI is InChI=1S/C9H17N3O2/c1-5(2)11-8(13)6(3)12-4-7(10)9(12)14/h5-7H,4,10H2,1-3H3,(H,11,13). The van der Waals surface area contributed by atoms with Crippen LogP contribution in [0.25, 0.3) is 0 Å². The van der Waals surface area contributed by atoms with Gasteiger partial charge in [-0.2, -0.15) is 0 Å². The van der Waals surface area contributed by atoms with Gasteiger partial charge in [0.1, 0.15) is 12.1 Å². The molecule has 1 rings (SSSR count). The van der Waals surface area contributed by atoms with Crippen molar-refractivity contribution >= 4 is 11.8 Å². The lowest BCUT2D eigenvalue weighted by molar-refractivity contribution is -0.150. The van der Waals surface area contributed by atoms with E-state index >= 15 is 0 Å². The summed E-state index contributed by atoms with van der Waals surface area (Å²) >= 11 is 0. The van der Waals surface area contributed by atoms with E-state index in [2.05, 4.69) is 5.32 Å². The Labute approximate surface area is 83.6 Å². The zero-order chi connectivity index (χ0) is 10.9. The van der Waals surface area contributed by atoms with Crippen LogP contribution in [0.3, 0.4) is 0 Å². The summed E-state index contributed by atoms with van der Waals surface area (Å²) in [5.74, 6) is -0.267. The Bertz CT molecular complexity index is 252. The van der Waals surface area contributed by atoms with E-state index in [1.807, 2.05) is 13.8 Å². The summed E-state index contributed by atoms with van der Waals surface area (Å²) in [6.07, 6.45) is 0. The number of β-lactam (4-membered cyclic amide) rings is 1. The fourth-order valence-corrected chi connectivity index (χ4v) is 1.38. The van der Waals surface area contributed by atoms with Gasteiger partial charge in [-0.1, -0.05) is 0 Å². The van der Waals surface area contributed by atoms with Crippen molar-refractivity contribution in [3.8, 4) is 0 Å². The van der Waals surface area contributed by atoms with Crippen LogP contribution in [0.1, 0.15) is 20.8 Å². The van der Waals surface area contributed by atoms with Crippen LogP contribution in [0.5, 0.6) is 0 Å². The Morgan fingerprint density at radius 1 is 1.57 bits per heavy atom. The minimum Gasteiger partial charge on any atom is -0.352 e. The van der Waals surface area contributed by atoms with Gasteiger partial charge in [-0.05, 0) is 20.8 Å². The molecule has 80 valence electrons. The highest BCUT2D eigenvalue weighted by Crippen LogP contribution is 2.12. The molecule has 2 unspecified atom stereocenters. The summed E-state index contributed by atoms with van der Waals surface area (Å²) < 4.78 is 0. The second-order valence-corrected chi connectivity index (χ2v) is 3.94. The number of likely N-dealkylation sites (tertiary alicyclic amines) is 1. The summed E-state index contributed by atoms with van der Waals surface area (Å²) in [6, 6.07) is -0.732. The van der Waals surface area contributed by atoms with Crippen LogP contribution in [-0.2, 0) is 9.59 Å². The third kappa shape index (κ3) is 2.04. The van der Waals surface area contributed by atoms with Crippen LogP contribution in [0, 0.1) is 0 Å². The van der Waals surface area contributed by atoms with Crippen molar-refractivity contribution in [3.05, 3.63) is 0 Å². The molecule has 1 saturated heterocycles. The van der Waals surface area contributed by atoms with Crippen molar-refractivity contribution in [2.45, 2.75) is 38.9 Å². The third-order valence-electron chi connectivity index (χ3n) is 2.27. The third-order valence-corrected chi connectivity index (χ3v) is 2.27. The van der Waals surface area contributed by atoms with Gasteiger partial charge in [0.2, 0.25) is 11.8 Å². The molecule has 0 aromatic heterocycles. The van der Waals surface area contributed by atoms with Crippen molar-refractivity contribution in [1.82, 2.24) is 10.2 Å². The van der Waals surface area contributed by atoms with Crippen LogP contribution in [0.2, 0.25) is 0 Å². The Balaban J connectivity index is 2.46. The number of hydrogen-bond donors (Lipinski definition) is 2. The van der Waals surface area contributed by atoms with Gasteiger partial charge >= 0.3 is 0 Å².